The Labute approximate surface area is 198 Å². The number of rotatable bonds is 0. The Bertz CT molecular complexity index is 1210. The summed E-state index contributed by atoms with van der Waals surface area (Å²) < 4.78 is 25.0. The largest absolute Gasteiger partial charge is 0.457 e. The lowest BCUT2D eigenvalue weighted by Gasteiger charge is -2.26. The van der Waals surface area contributed by atoms with Crippen LogP contribution in [0.2, 0.25) is 0 Å². The quantitative estimate of drug-likeness (QED) is 0.299. The molecule has 0 unspecified atom stereocenters. The van der Waals surface area contributed by atoms with E-state index in [1.165, 1.54) is 22.3 Å². The number of benzene rings is 4. The first-order chi connectivity index (χ1) is 16.8. The van der Waals surface area contributed by atoms with E-state index in [0.717, 1.165) is 58.1 Å². The molecule has 4 heteroatoms. The molecule has 0 radical (unpaired) electrons. The van der Waals surface area contributed by atoms with Crippen LogP contribution >= 0.6 is 0 Å². The zero-order valence-corrected chi connectivity index (χ0v) is 18.8. The van der Waals surface area contributed by atoms with E-state index in [1.807, 2.05) is 0 Å². The van der Waals surface area contributed by atoms with Gasteiger partial charge in [0, 0.05) is 25.7 Å². The summed E-state index contributed by atoms with van der Waals surface area (Å²) in [5.41, 5.74) is 9.27. The summed E-state index contributed by atoms with van der Waals surface area (Å²) in [5, 5.41) is 0. The van der Waals surface area contributed by atoms with Gasteiger partial charge in [0.2, 0.25) is 13.6 Å². The molecule has 6 aliphatic rings. The highest BCUT2D eigenvalue weighted by molar-refractivity contribution is 5.56. The van der Waals surface area contributed by atoms with Crippen LogP contribution in [0.5, 0.6) is 23.0 Å². The molecule has 4 nitrogen and oxygen atoms in total. The first-order valence-corrected chi connectivity index (χ1v) is 11.8. The summed E-state index contributed by atoms with van der Waals surface area (Å²) in [6, 6.07) is 25.7. The van der Waals surface area contributed by atoms with Crippen molar-refractivity contribution in [1.82, 2.24) is 0 Å². The summed E-state index contributed by atoms with van der Waals surface area (Å²) in [5.74, 6) is 3.66. The lowest BCUT2D eigenvalue weighted by atomic mass is 9.91. The Kier molecular flexibility index (Phi) is 4.51. The van der Waals surface area contributed by atoms with Gasteiger partial charge in [0.25, 0.3) is 0 Å². The Balaban J connectivity index is 1.50. The molecule has 168 valence electrons. The average Bonchev–Trinajstić information content (AvgIpc) is 2.81. The maximum Gasteiger partial charge on any atom is 0.230 e. The van der Waals surface area contributed by atoms with E-state index >= 15 is 0 Å². The van der Waals surface area contributed by atoms with E-state index in [0.29, 0.717) is 12.8 Å². The van der Waals surface area contributed by atoms with Gasteiger partial charge in [-0.25, -0.2) is 0 Å². The minimum atomic E-state index is 0.181. The summed E-state index contributed by atoms with van der Waals surface area (Å²) in [6.07, 6.45) is 2.95. The molecule has 12 bridgehead atoms. The average molecular weight is 449 g/mol. The van der Waals surface area contributed by atoms with Gasteiger partial charge in [0.05, 0.1) is 0 Å². The lowest BCUT2D eigenvalue weighted by Crippen LogP contribution is -2.17. The molecular weight excluding hydrogens is 424 g/mol. The van der Waals surface area contributed by atoms with Crippen LogP contribution in [0, 0.1) is 0 Å². The van der Waals surface area contributed by atoms with E-state index < -0.39 is 0 Å². The summed E-state index contributed by atoms with van der Waals surface area (Å²) >= 11 is 0. The highest BCUT2D eigenvalue weighted by atomic mass is 16.7. The Morgan fingerprint density at radius 2 is 0.529 bits per heavy atom. The van der Waals surface area contributed by atoms with Crippen LogP contribution in [0.1, 0.15) is 44.5 Å². The Morgan fingerprint density at radius 1 is 0.324 bits per heavy atom. The van der Waals surface area contributed by atoms with Crippen LogP contribution in [-0.2, 0) is 25.7 Å². The molecule has 0 N–H and O–H groups in total. The van der Waals surface area contributed by atoms with Crippen LogP contribution in [0.4, 0.5) is 0 Å². The fourth-order valence-corrected chi connectivity index (χ4v) is 5.52. The standard InChI is InChI=1S/C30H24O4/c1-5-19-13-20-6-2-11-25-16-26-12-4-8-22-14-21-7-3-10-24(29(21)33-18-34-30(22)26)15-23(9-1)27(19)31-17-32-28(20)25/h1-12H,13-18H2. The van der Waals surface area contributed by atoms with Crippen molar-refractivity contribution in [3.05, 3.63) is 117 Å². The van der Waals surface area contributed by atoms with E-state index in [1.54, 1.807) is 0 Å². The van der Waals surface area contributed by atoms with Crippen molar-refractivity contribution in [2.24, 2.45) is 0 Å². The highest BCUT2D eigenvalue weighted by Gasteiger charge is 2.24. The van der Waals surface area contributed by atoms with Gasteiger partial charge in [0.1, 0.15) is 23.0 Å². The molecule has 0 atom stereocenters. The second kappa shape index (κ2) is 7.84. The monoisotopic (exact) mass is 448 g/mol. The van der Waals surface area contributed by atoms with E-state index in [2.05, 4.69) is 72.8 Å². The van der Waals surface area contributed by atoms with Crippen molar-refractivity contribution < 1.29 is 18.9 Å². The van der Waals surface area contributed by atoms with Gasteiger partial charge in [-0.05, 0) is 44.5 Å². The number of ether oxygens (including phenoxy) is 4. The molecule has 5 heterocycles. The van der Waals surface area contributed by atoms with Crippen LogP contribution in [-0.4, -0.2) is 13.6 Å². The van der Waals surface area contributed by atoms with Gasteiger partial charge < -0.3 is 18.9 Å². The SMILES string of the molecule is c1cc2c3c(c1)Cc1cccc4c1OCOc1c(cccc1Cc1cccc(c1OCO3)C2)C4. The predicted octanol–water partition coefficient (Wildman–Crippen LogP) is 5.82. The zero-order valence-electron chi connectivity index (χ0n) is 18.8. The number of hydrogen-bond acceptors (Lipinski definition) is 4. The van der Waals surface area contributed by atoms with Gasteiger partial charge in [-0.15, -0.1) is 0 Å². The summed E-state index contributed by atoms with van der Waals surface area (Å²) in [7, 11) is 0. The molecule has 10 rings (SSSR count). The van der Waals surface area contributed by atoms with Gasteiger partial charge in [-0.3, -0.25) is 0 Å². The van der Waals surface area contributed by atoms with Crippen molar-refractivity contribution >= 4 is 0 Å². The Hall–Kier alpha value is -3.92. The summed E-state index contributed by atoms with van der Waals surface area (Å²) in [6.45, 7) is 0.363. The van der Waals surface area contributed by atoms with Gasteiger partial charge >= 0.3 is 0 Å². The summed E-state index contributed by atoms with van der Waals surface area (Å²) in [4.78, 5) is 0. The lowest BCUT2D eigenvalue weighted by molar-refractivity contribution is 0.111. The fourth-order valence-electron chi connectivity index (χ4n) is 5.52. The van der Waals surface area contributed by atoms with Crippen LogP contribution in [0.25, 0.3) is 0 Å². The molecule has 34 heavy (non-hydrogen) atoms. The van der Waals surface area contributed by atoms with Crippen molar-refractivity contribution in [2.75, 3.05) is 13.6 Å². The number of para-hydroxylation sites is 4. The smallest absolute Gasteiger partial charge is 0.230 e. The highest BCUT2D eigenvalue weighted by Crippen LogP contribution is 2.40. The van der Waals surface area contributed by atoms with E-state index in [-0.39, 0.29) is 13.6 Å². The first kappa shape index (κ1) is 19.5. The molecule has 5 aliphatic heterocycles. The third kappa shape index (κ3) is 3.21. The molecular formula is C30H24O4. The molecule has 0 spiro atoms. The molecule has 0 saturated heterocycles. The topological polar surface area (TPSA) is 36.9 Å². The maximum absolute atomic E-state index is 6.26. The van der Waals surface area contributed by atoms with Crippen LogP contribution < -0.4 is 18.9 Å². The molecule has 0 saturated carbocycles. The molecule has 1 aliphatic carbocycles. The second-order valence-corrected chi connectivity index (χ2v) is 9.14. The molecule has 4 aromatic carbocycles. The van der Waals surface area contributed by atoms with Gasteiger partial charge in [-0.2, -0.15) is 0 Å². The third-order valence-electron chi connectivity index (χ3n) is 7.05. The van der Waals surface area contributed by atoms with Crippen molar-refractivity contribution in [1.29, 1.82) is 0 Å². The minimum Gasteiger partial charge on any atom is -0.457 e. The maximum atomic E-state index is 6.26. The van der Waals surface area contributed by atoms with Crippen molar-refractivity contribution in [3.8, 4) is 23.0 Å². The molecule has 0 aromatic heterocycles. The minimum absolute atomic E-state index is 0.181. The normalized spacial score (nSPS) is 15.3. The molecule has 0 amide bonds. The third-order valence-corrected chi connectivity index (χ3v) is 7.05. The predicted molar refractivity (Wildman–Crippen MR) is 129 cm³/mol. The van der Waals surface area contributed by atoms with E-state index in [9.17, 15) is 0 Å². The molecule has 4 aromatic rings. The van der Waals surface area contributed by atoms with Gasteiger partial charge in [-0.1, -0.05) is 72.8 Å². The van der Waals surface area contributed by atoms with Crippen molar-refractivity contribution in [2.45, 2.75) is 25.7 Å². The van der Waals surface area contributed by atoms with Crippen LogP contribution in [0.3, 0.4) is 0 Å². The van der Waals surface area contributed by atoms with Crippen LogP contribution in [0.15, 0.2) is 72.8 Å². The van der Waals surface area contributed by atoms with E-state index in [4.69, 9.17) is 18.9 Å². The zero-order chi connectivity index (χ0) is 22.5. The number of hydrogen-bond donors (Lipinski definition) is 0. The van der Waals surface area contributed by atoms with Gasteiger partial charge in [0.15, 0.2) is 0 Å². The fraction of sp³-hybridized carbons (Fsp3) is 0.200. The molecule has 0 fully saturated rings. The van der Waals surface area contributed by atoms with Crippen molar-refractivity contribution in [3.63, 3.8) is 0 Å². The Morgan fingerprint density at radius 3 is 0.735 bits per heavy atom. The second-order valence-electron chi connectivity index (χ2n) is 9.14. The first-order valence-electron chi connectivity index (χ1n) is 11.8.